The Labute approximate surface area is 122 Å². The third-order valence-electron chi connectivity index (χ3n) is 3.26. The number of rotatable bonds is 5. The van der Waals surface area contributed by atoms with Gasteiger partial charge in [0.1, 0.15) is 12.1 Å². The van der Waals surface area contributed by atoms with Crippen molar-refractivity contribution in [3.63, 3.8) is 0 Å². The molecule has 0 radical (unpaired) electrons. The van der Waals surface area contributed by atoms with Crippen molar-refractivity contribution in [1.29, 1.82) is 0 Å². The molecule has 1 aromatic carbocycles. The lowest BCUT2D eigenvalue weighted by Crippen LogP contribution is -2.49. The molecule has 1 aromatic rings. The van der Waals surface area contributed by atoms with Crippen LogP contribution in [-0.4, -0.2) is 30.6 Å². The van der Waals surface area contributed by atoms with Gasteiger partial charge in [0.25, 0.3) is 0 Å². The highest BCUT2D eigenvalue weighted by molar-refractivity contribution is 6.31. The molecule has 1 fully saturated rings. The second-order valence-electron chi connectivity index (χ2n) is 4.76. The van der Waals surface area contributed by atoms with E-state index in [1.165, 1.54) is 0 Å². The SMILES string of the molecule is NC(=O)[C@H](Cc1ccccc1Cl)NC(=O)[C@H]1CCCO1. The first-order valence-electron chi connectivity index (χ1n) is 6.52. The van der Waals surface area contributed by atoms with Gasteiger partial charge in [-0.1, -0.05) is 29.8 Å². The van der Waals surface area contributed by atoms with Gasteiger partial charge < -0.3 is 15.8 Å². The lowest BCUT2D eigenvalue weighted by atomic mass is 10.0. The number of carbonyl (C=O) groups excluding carboxylic acids is 2. The molecule has 1 heterocycles. The average Bonchev–Trinajstić information content (AvgIpc) is 2.94. The smallest absolute Gasteiger partial charge is 0.249 e. The maximum absolute atomic E-state index is 12.0. The van der Waals surface area contributed by atoms with E-state index in [2.05, 4.69) is 5.32 Å². The molecule has 1 aliphatic heterocycles. The fourth-order valence-corrected chi connectivity index (χ4v) is 2.37. The highest BCUT2D eigenvalue weighted by atomic mass is 35.5. The molecule has 3 N–H and O–H groups in total. The molecule has 0 spiro atoms. The van der Waals surface area contributed by atoms with Crippen LogP contribution in [0.1, 0.15) is 18.4 Å². The lowest BCUT2D eigenvalue weighted by Gasteiger charge is -2.18. The molecule has 0 saturated carbocycles. The molecular formula is C14H17ClN2O3. The van der Waals surface area contributed by atoms with Gasteiger partial charge in [-0.25, -0.2) is 0 Å². The van der Waals surface area contributed by atoms with Gasteiger partial charge in [0.2, 0.25) is 11.8 Å². The van der Waals surface area contributed by atoms with Crippen LogP contribution >= 0.6 is 11.6 Å². The predicted molar refractivity (Wildman–Crippen MR) is 75.3 cm³/mol. The first-order valence-corrected chi connectivity index (χ1v) is 6.90. The number of hydrogen-bond donors (Lipinski definition) is 2. The van der Waals surface area contributed by atoms with Gasteiger partial charge in [0, 0.05) is 18.1 Å². The predicted octanol–water partition coefficient (Wildman–Crippen LogP) is 1.03. The number of nitrogens with one attached hydrogen (secondary N) is 1. The molecule has 2 amide bonds. The standard InChI is InChI=1S/C14H17ClN2O3/c15-10-5-2-1-4-9(10)8-11(13(16)18)17-14(19)12-6-3-7-20-12/h1-2,4-5,11-12H,3,6-8H2,(H2,16,18)(H,17,19)/t11-,12+/m0/s1. The number of carbonyl (C=O) groups is 2. The Morgan fingerprint density at radius 3 is 2.80 bits per heavy atom. The molecule has 0 unspecified atom stereocenters. The Bertz CT molecular complexity index is 501. The summed E-state index contributed by atoms with van der Waals surface area (Å²) < 4.78 is 5.28. The van der Waals surface area contributed by atoms with E-state index in [1.54, 1.807) is 18.2 Å². The molecule has 1 aliphatic rings. The maximum Gasteiger partial charge on any atom is 0.249 e. The Kier molecular flexibility index (Phi) is 4.98. The number of amides is 2. The van der Waals surface area contributed by atoms with Crippen molar-refractivity contribution in [3.05, 3.63) is 34.9 Å². The zero-order chi connectivity index (χ0) is 14.5. The summed E-state index contributed by atoms with van der Waals surface area (Å²) in [7, 11) is 0. The molecular weight excluding hydrogens is 280 g/mol. The third-order valence-corrected chi connectivity index (χ3v) is 3.63. The van der Waals surface area contributed by atoms with E-state index < -0.39 is 18.1 Å². The average molecular weight is 297 g/mol. The van der Waals surface area contributed by atoms with E-state index in [4.69, 9.17) is 22.1 Å². The number of benzene rings is 1. The van der Waals surface area contributed by atoms with Crippen LogP contribution in [0.2, 0.25) is 5.02 Å². The number of halogens is 1. The number of primary amides is 1. The molecule has 0 bridgehead atoms. The van der Waals surface area contributed by atoms with E-state index in [1.807, 2.05) is 6.07 Å². The molecule has 6 heteroatoms. The van der Waals surface area contributed by atoms with Crippen LogP contribution in [0.4, 0.5) is 0 Å². The minimum Gasteiger partial charge on any atom is -0.368 e. The summed E-state index contributed by atoms with van der Waals surface area (Å²) in [5, 5.41) is 3.18. The summed E-state index contributed by atoms with van der Waals surface area (Å²) in [6.07, 6.45) is 1.31. The summed E-state index contributed by atoms with van der Waals surface area (Å²) >= 11 is 6.05. The number of ether oxygens (including phenoxy) is 1. The van der Waals surface area contributed by atoms with Crippen LogP contribution in [0.5, 0.6) is 0 Å². The molecule has 2 rings (SSSR count). The zero-order valence-electron chi connectivity index (χ0n) is 11.0. The topological polar surface area (TPSA) is 81.4 Å². The summed E-state index contributed by atoms with van der Waals surface area (Å²) in [5.74, 6) is -0.880. The largest absolute Gasteiger partial charge is 0.368 e. The van der Waals surface area contributed by atoms with Crippen molar-refractivity contribution in [2.75, 3.05) is 6.61 Å². The van der Waals surface area contributed by atoms with Gasteiger partial charge in [-0.3, -0.25) is 9.59 Å². The van der Waals surface area contributed by atoms with Crippen LogP contribution in [-0.2, 0) is 20.7 Å². The van der Waals surface area contributed by atoms with Gasteiger partial charge >= 0.3 is 0 Å². The van der Waals surface area contributed by atoms with Crippen LogP contribution in [0, 0.1) is 0 Å². The van der Waals surface area contributed by atoms with Crippen molar-refractivity contribution in [2.24, 2.45) is 5.73 Å². The van der Waals surface area contributed by atoms with Gasteiger partial charge in [0.15, 0.2) is 0 Å². The molecule has 108 valence electrons. The van der Waals surface area contributed by atoms with Crippen LogP contribution in [0.25, 0.3) is 0 Å². The highest BCUT2D eigenvalue weighted by Gasteiger charge is 2.27. The molecule has 0 aliphatic carbocycles. The fourth-order valence-electron chi connectivity index (χ4n) is 2.16. The van der Waals surface area contributed by atoms with E-state index in [0.29, 0.717) is 18.1 Å². The normalized spacial score (nSPS) is 19.6. The van der Waals surface area contributed by atoms with Crippen molar-refractivity contribution in [3.8, 4) is 0 Å². The Balaban J connectivity index is 2.02. The van der Waals surface area contributed by atoms with Crippen molar-refractivity contribution < 1.29 is 14.3 Å². The fraction of sp³-hybridized carbons (Fsp3) is 0.429. The van der Waals surface area contributed by atoms with E-state index in [0.717, 1.165) is 12.0 Å². The summed E-state index contributed by atoms with van der Waals surface area (Å²) in [6, 6.07) is 6.37. The minimum atomic E-state index is -0.786. The van der Waals surface area contributed by atoms with E-state index in [-0.39, 0.29) is 12.3 Å². The van der Waals surface area contributed by atoms with Gasteiger partial charge in [-0.2, -0.15) is 0 Å². The van der Waals surface area contributed by atoms with Gasteiger partial charge in [0.05, 0.1) is 0 Å². The quantitative estimate of drug-likeness (QED) is 0.851. The summed E-state index contributed by atoms with van der Waals surface area (Å²) in [6.45, 7) is 0.573. The molecule has 5 nitrogen and oxygen atoms in total. The highest BCUT2D eigenvalue weighted by Crippen LogP contribution is 2.17. The Hall–Kier alpha value is -1.59. The second-order valence-corrected chi connectivity index (χ2v) is 5.17. The van der Waals surface area contributed by atoms with E-state index >= 15 is 0 Å². The van der Waals surface area contributed by atoms with Crippen molar-refractivity contribution in [1.82, 2.24) is 5.32 Å². The summed E-state index contributed by atoms with van der Waals surface area (Å²) in [4.78, 5) is 23.4. The number of nitrogens with two attached hydrogens (primary N) is 1. The summed E-state index contributed by atoms with van der Waals surface area (Å²) in [5.41, 5.74) is 6.11. The molecule has 2 atom stereocenters. The third kappa shape index (κ3) is 3.71. The van der Waals surface area contributed by atoms with Crippen LogP contribution < -0.4 is 11.1 Å². The van der Waals surface area contributed by atoms with Crippen molar-refractivity contribution in [2.45, 2.75) is 31.4 Å². The van der Waals surface area contributed by atoms with Gasteiger partial charge in [-0.15, -0.1) is 0 Å². The molecule has 0 aromatic heterocycles. The number of hydrogen-bond acceptors (Lipinski definition) is 3. The lowest BCUT2D eigenvalue weighted by molar-refractivity contribution is -0.133. The Morgan fingerprint density at radius 2 is 2.20 bits per heavy atom. The monoisotopic (exact) mass is 296 g/mol. The Morgan fingerprint density at radius 1 is 1.45 bits per heavy atom. The first kappa shape index (κ1) is 14.8. The minimum absolute atomic E-state index is 0.271. The van der Waals surface area contributed by atoms with Gasteiger partial charge in [-0.05, 0) is 24.5 Å². The second kappa shape index (κ2) is 6.72. The zero-order valence-corrected chi connectivity index (χ0v) is 11.7. The molecule has 1 saturated heterocycles. The van der Waals surface area contributed by atoms with Crippen molar-refractivity contribution >= 4 is 23.4 Å². The maximum atomic E-state index is 12.0. The van der Waals surface area contributed by atoms with E-state index in [9.17, 15) is 9.59 Å². The molecule has 20 heavy (non-hydrogen) atoms. The van der Waals surface area contributed by atoms with Crippen LogP contribution in [0.3, 0.4) is 0 Å². The van der Waals surface area contributed by atoms with Crippen LogP contribution in [0.15, 0.2) is 24.3 Å². The first-order chi connectivity index (χ1) is 9.58.